The first-order chi connectivity index (χ1) is 18.1. The summed E-state index contributed by atoms with van der Waals surface area (Å²) in [5, 5.41) is 12.8. The molecule has 0 saturated heterocycles. The number of anilines is 1. The Labute approximate surface area is 224 Å². The average molecular weight is 544 g/mol. The Hall–Kier alpha value is -4.66. The van der Waals surface area contributed by atoms with Gasteiger partial charge in [0.1, 0.15) is 11.6 Å². The van der Waals surface area contributed by atoms with Gasteiger partial charge in [-0.05, 0) is 59.7 Å². The van der Waals surface area contributed by atoms with E-state index in [4.69, 9.17) is 0 Å². The van der Waals surface area contributed by atoms with Crippen LogP contribution < -0.4 is 5.32 Å². The number of carbonyl (C=O) groups is 1. The number of halogens is 1. The summed E-state index contributed by atoms with van der Waals surface area (Å²) in [6, 6.07) is 41.6. The van der Waals surface area contributed by atoms with E-state index in [1.54, 1.807) is 18.2 Å². The predicted molar refractivity (Wildman–Crippen MR) is 153 cm³/mol. The third-order valence-corrected chi connectivity index (χ3v) is 6.46. The smallest absolute Gasteiger partial charge is 0.266 e. The molecule has 0 radical (unpaired) electrons. The zero-order valence-corrected chi connectivity index (χ0v) is 21.4. The molecule has 5 heteroatoms. The van der Waals surface area contributed by atoms with Crippen LogP contribution in [0.1, 0.15) is 5.56 Å². The molecule has 37 heavy (non-hydrogen) atoms. The summed E-state index contributed by atoms with van der Waals surface area (Å²) in [5.41, 5.74) is 6.26. The largest absolute Gasteiger partial charge is 0.321 e. The van der Waals surface area contributed by atoms with Crippen LogP contribution in [-0.2, 0) is 4.79 Å². The number of para-hydroxylation sites is 1. The number of nitriles is 1. The summed E-state index contributed by atoms with van der Waals surface area (Å²) < 4.78 is 3.09. The zero-order valence-electron chi connectivity index (χ0n) is 19.8. The van der Waals surface area contributed by atoms with Crippen LogP contribution in [0.3, 0.4) is 0 Å². The van der Waals surface area contributed by atoms with Crippen molar-refractivity contribution in [1.82, 2.24) is 4.57 Å². The molecular formula is C32H22BrN3O. The number of hydrogen-bond acceptors (Lipinski definition) is 2. The lowest BCUT2D eigenvalue weighted by Crippen LogP contribution is -2.13. The van der Waals surface area contributed by atoms with Crippen molar-refractivity contribution in [1.29, 1.82) is 5.26 Å². The van der Waals surface area contributed by atoms with Gasteiger partial charge in [0.2, 0.25) is 0 Å². The number of rotatable bonds is 6. The van der Waals surface area contributed by atoms with Crippen LogP contribution in [0.2, 0.25) is 0 Å². The van der Waals surface area contributed by atoms with Gasteiger partial charge in [-0.3, -0.25) is 4.79 Å². The molecule has 0 unspecified atom stereocenters. The number of nitrogens with zero attached hydrogens (tertiary/aromatic N) is 2. The van der Waals surface area contributed by atoms with E-state index < -0.39 is 5.91 Å². The molecule has 0 atom stereocenters. The Morgan fingerprint density at radius 1 is 0.784 bits per heavy atom. The minimum Gasteiger partial charge on any atom is -0.321 e. The monoisotopic (exact) mass is 543 g/mol. The topological polar surface area (TPSA) is 57.8 Å². The minimum absolute atomic E-state index is 0.0184. The first-order valence-electron chi connectivity index (χ1n) is 11.7. The lowest BCUT2D eigenvalue weighted by Gasteiger charge is -2.15. The van der Waals surface area contributed by atoms with Crippen molar-refractivity contribution in [3.63, 3.8) is 0 Å². The summed E-state index contributed by atoms with van der Waals surface area (Å²) in [7, 11) is 0. The molecular weight excluding hydrogens is 522 g/mol. The summed E-state index contributed by atoms with van der Waals surface area (Å²) in [6.07, 6.45) is 1.67. The molecule has 0 bridgehead atoms. The molecule has 0 fully saturated rings. The Kier molecular flexibility index (Phi) is 7.12. The minimum atomic E-state index is -0.461. The Bertz CT molecular complexity index is 1600. The van der Waals surface area contributed by atoms with E-state index in [-0.39, 0.29) is 5.57 Å². The van der Waals surface area contributed by atoms with Crippen molar-refractivity contribution in [3.8, 4) is 34.3 Å². The number of aromatic nitrogens is 1. The molecule has 1 amide bonds. The molecule has 178 valence electrons. The van der Waals surface area contributed by atoms with Gasteiger partial charge in [-0.2, -0.15) is 5.26 Å². The van der Waals surface area contributed by atoms with Crippen molar-refractivity contribution < 1.29 is 4.79 Å². The standard InChI is InChI=1S/C32H22BrN3O/c33-27-16-18-28(19-17-27)35-32(37)26(22-34)20-25-21-30(23-10-4-1-5-11-23)36(29-14-8-3-9-15-29)31(25)24-12-6-2-7-13-24/h1-21H,(H,35,37)/b26-20+. The van der Waals surface area contributed by atoms with Crippen molar-refractivity contribution in [2.24, 2.45) is 0 Å². The summed E-state index contributed by atoms with van der Waals surface area (Å²) >= 11 is 3.40. The Morgan fingerprint density at radius 3 is 1.95 bits per heavy atom. The maximum absolute atomic E-state index is 13.1. The second-order valence-electron chi connectivity index (χ2n) is 8.37. The highest BCUT2D eigenvalue weighted by Crippen LogP contribution is 2.37. The maximum atomic E-state index is 13.1. The van der Waals surface area contributed by atoms with E-state index in [0.29, 0.717) is 5.69 Å². The van der Waals surface area contributed by atoms with Crippen LogP contribution in [0.15, 0.2) is 131 Å². The molecule has 1 heterocycles. The third-order valence-electron chi connectivity index (χ3n) is 5.93. The van der Waals surface area contributed by atoms with E-state index in [1.807, 2.05) is 84.9 Å². The van der Waals surface area contributed by atoms with Crippen LogP contribution in [0, 0.1) is 11.3 Å². The highest BCUT2D eigenvalue weighted by atomic mass is 79.9. The van der Waals surface area contributed by atoms with Gasteiger partial charge in [-0.15, -0.1) is 0 Å². The molecule has 4 nitrogen and oxygen atoms in total. The fraction of sp³-hybridized carbons (Fsp3) is 0. The zero-order chi connectivity index (χ0) is 25.6. The van der Waals surface area contributed by atoms with Gasteiger partial charge >= 0.3 is 0 Å². The van der Waals surface area contributed by atoms with E-state index in [1.165, 1.54) is 0 Å². The fourth-order valence-corrected chi connectivity index (χ4v) is 4.50. The summed E-state index contributed by atoms with van der Waals surface area (Å²) in [6.45, 7) is 0. The normalized spacial score (nSPS) is 11.1. The second-order valence-corrected chi connectivity index (χ2v) is 9.28. The van der Waals surface area contributed by atoms with E-state index in [0.717, 1.165) is 38.2 Å². The number of carbonyl (C=O) groups excluding carboxylic acids is 1. The fourth-order valence-electron chi connectivity index (χ4n) is 4.23. The molecule has 0 aliphatic carbocycles. The van der Waals surface area contributed by atoms with Crippen LogP contribution in [-0.4, -0.2) is 10.5 Å². The van der Waals surface area contributed by atoms with Crippen LogP contribution in [0.5, 0.6) is 0 Å². The quantitative estimate of drug-likeness (QED) is 0.173. The first kappa shape index (κ1) is 24.1. The number of benzene rings is 4. The molecule has 1 N–H and O–H groups in total. The van der Waals surface area contributed by atoms with Crippen LogP contribution in [0.25, 0.3) is 34.3 Å². The van der Waals surface area contributed by atoms with Crippen molar-refractivity contribution in [3.05, 3.63) is 137 Å². The molecule has 1 aromatic heterocycles. The lowest BCUT2D eigenvalue weighted by molar-refractivity contribution is -0.112. The predicted octanol–water partition coefficient (Wildman–Crippen LogP) is 8.12. The van der Waals surface area contributed by atoms with Gasteiger partial charge in [0, 0.05) is 21.4 Å². The molecule has 0 aliphatic rings. The van der Waals surface area contributed by atoms with Crippen LogP contribution >= 0.6 is 15.9 Å². The number of nitrogens with one attached hydrogen (secondary N) is 1. The number of hydrogen-bond donors (Lipinski definition) is 1. The Balaban J connectivity index is 1.70. The maximum Gasteiger partial charge on any atom is 0.266 e. The van der Waals surface area contributed by atoms with Gasteiger partial charge in [-0.25, -0.2) is 0 Å². The van der Waals surface area contributed by atoms with Gasteiger partial charge in [0.05, 0.1) is 11.4 Å². The third kappa shape index (κ3) is 5.30. The Morgan fingerprint density at radius 2 is 1.35 bits per heavy atom. The molecule has 0 aliphatic heterocycles. The van der Waals surface area contributed by atoms with E-state index >= 15 is 0 Å². The summed E-state index contributed by atoms with van der Waals surface area (Å²) in [5.74, 6) is -0.461. The van der Waals surface area contributed by atoms with E-state index in [9.17, 15) is 10.1 Å². The number of amides is 1. The van der Waals surface area contributed by atoms with Crippen molar-refractivity contribution in [2.75, 3.05) is 5.32 Å². The van der Waals surface area contributed by atoms with Crippen molar-refractivity contribution in [2.45, 2.75) is 0 Å². The van der Waals surface area contributed by atoms with Gasteiger partial charge in [0.25, 0.3) is 5.91 Å². The average Bonchev–Trinajstić information content (AvgIpc) is 3.33. The summed E-state index contributed by atoms with van der Waals surface area (Å²) in [4.78, 5) is 13.1. The molecule has 0 spiro atoms. The first-order valence-corrected chi connectivity index (χ1v) is 12.5. The van der Waals surface area contributed by atoms with Gasteiger partial charge in [-0.1, -0.05) is 94.8 Å². The molecule has 0 saturated carbocycles. The lowest BCUT2D eigenvalue weighted by atomic mass is 10.0. The van der Waals surface area contributed by atoms with Crippen LogP contribution in [0.4, 0.5) is 5.69 Å². The molecule has 5 rings (SSSR count). The van der Waals surface area contributed by atoms with Gasteiger partial charge in [0.15, 0.2) is 0 Å². The second kappa shape index (κ2) is 10.9. The highest BCUT2D eigenvalue weighted by Gasteiger charge is 2.20. The molecule has 4 aromatic carbocycles. The van der Waals surface area contributed by atoms with Crippen molar-refractivity contribution >= 4 is 33.6 Å². The van der Waals surface area contributed by atoms with Gasteiger partial charge < -0.3 is 9.88 Å². The van der Waals surface area contributed by atoms with E-state index in [2.05, 4.69) is 56.1 Å². The highest BCUT2D eigenvalue weighted by molar-refractivity contribution is 9.10. The SMILES string of the molecule is N#C/C(=C\c1cc(-c2ccccc2)n(-c2ccccc2)c1-c1ccccc1)C(=O)Nc1ccc(Br)cc1. The molecule has 5 aromatic rings.